The second-order valence-corrected chi connectivity index (χ2v) is 6.51. The van der Waals surface area contributed by atoms with E-state index in [-0.39, 0.29) is 12.1 Å². The minimum absolute atomic E-state index is 0.238. The van der Waals surface area contributed by atoms with Crippen LogP contribution in [-0.2, 0) is 14.3 Å². The number of aryl methyl sites for hydroxylation is 2. The van der Waals surface area contributed by atoms with E-state index in [9.17, 15) is 18.8 Å². The van der Waals surface area contributed by atoms with E-state index < -0.39 is 30.2 Å². The van der Waals surface area contributed by atoms with E-state index in [0.29, 0.717) is 16.7 Å². The monoisotopic (exact) mass is 410 g/mol. The molecule has 30 heavy (non-hydrogen) atoms. The Morgan fingerprint density at radius 3 is 2.30 bits per heavy atom. The highest BCUT2D eigenvalue weighted by atomic mass is 19.1. The lowest BCUT2D eigenvalue weighted by molar-refractivity contribution is -0.126. The van der Waals surface area contributed by atoms with Gasteiger partial charge in [0.15, 0.2) is 6.61 Å². The number of anilines is 1. The molecule has 154 valence electrons. The standard InChI is InChI=1S/C21H19FN4O4/c1-12-13(2)25-18-9-14(3-8-17(18)24-12)21(29)30-11-20(28)23-10-19(27)26-16-6-4-15(22)5-7-16/h3-9H,10-11H2,1-2H3,(H,23,28)(H,26,27). The molecule has 0 aliphatic carbocycles. The lowest BCUT2D eigenvalue weighted by atomic mass is 10.2. The van der Waals surface area contributed by atoms with E-state index in [1.807, 2.05) is 13.8 Å². The Bertz CT molecular complexity index is 1120. The summed E-state index contributed by atoms with van der Waals surface area (Å²) in [5, 5.41) is 4.84. The SMILES string of the molecule is Cc1nc2ccc(C(=O)OCC(=O)NCC(=O)Nc3ccc(F)cc3)cc2nc1C. The van der Waals surface area contributed by atoms with Gasteiger partial charge < -0.3 is 15.4 Å². The van der Waals surface area contributed by atoms with Crippen LogP contribution in [0.25, 0.3) is 11.0 Å². The summed E-state index contributed by atoms with van der Waals surface area (Å²) in [6, 6.07) is 9.95. The number of aromatic nitrogens is 2. The number of fused-ring (bicyclic) bond motifs is 1. The molecule has 0 radical (unpaired) electrons. The van der Waals surface area contributed by atoms with E-state index in [4.69, 9.17) is 4.74 Å². The lowest BCUT2D eigenvalue weighted by Gasteiger charge is -2.08. The second-order valence-electron chi connectivity index (χ2n) is 6.51. The third kappa shape index (κ3) is 5.34. The molecule has 2 N–H and O–H groups in total. The number of rotatable bonds is 6. The van der Waals surface area contributed by atoms with Gasteiger partial charge in [0.1, 0.15) is 5.82 Å². The van der Waals surface area contributed by atoms with Crippen LogP contribution >= 0.6 is 0 Å². The first-order chi connectivity index (χ1) is 14.3. The molecule has 0 spiro atoms. The maximum Gasteiger partial charge on any atom is 0.338 e. The smallest absolute Gasteiger partial charge is 0.338 e. The molecule has 0 fully saturated rings. The van der Waals surface area contributed by atoms with Crippen LogP contribution in [0.3, 0.4) is 0 Å². The van der Waals surface area contributed by atoms with Gasteiger partial charge >= 0.3 is 5.97 Å². The number of hydrogen-bond donors (Lipinski definition) is 2. The van der Waals surface area contributed by atoms with Gasteiger partial charge in [0.05, 0.1) is 34.5 Å². The maximum atomic E-state index is 12.8. The van der Waals surface area contributed by atoms with E-state index in [1.165, 1.54) is 24.3 Å². The minimum atomic E-state index is -0.692. The Morgan fingerprint density at radius 1 is 0.933 bits per heavy atom. The van der Waals surface area contributed by atoms with Crippen LogP contribution in [0, 0.1) is 19.7 Å². The maximum absolute atomic E-state index is 12.8. The molecule has 1 aromatic heterocycles. The zero-order valence-electron chi connectivity index (χ0n) is 16.4. The summed E-state index contributed by atoms with van der Waals surface area (Å²) in [6.07, 6.45) is 0. The van der Waals surface area contributed by atoms with Gasteiger partial charge in [0, 0.05) is 5.69 Å². The molecular weight excluding hydrogens is 391 g/mol. The van der Waals surface area contributed by atoms with E-state index >= 15 is 0 Å². The topological polar surface area (TPSA) is 110 Å². The van der Waals surface area contributed by atoms with Gasteiger partial charge in [0.2, 0.25) is 5.91 Å². The Labute approximate surface area is 171 Å². The molecule has 8 nitrogen and oxygen atoms in total. The highest BCUT2D eigenvalue weighted by molar-refractivity contribution is 5.96. The molecule has 0 aliphatic rings. The summed E-state index contributed by atoms with van der Waals surface area (Å²) >= 11 is 0. The van der Waals surface area contributed by atoms with Crippen molar-refractivity contribution in [2.75, 3.05) is 18.5 Å². The van der Waals surface area contributed by atoms with Crippen molar-refractivity contribution in [3.8, 4) is 0 Å². The molecule has 0 aliphatic heterocycles. The van der Waals surface area contributed by atoms with Crippen molar-refractivity contribution >= 4 is 34.5 Å². The summed E-state index contributed by atoms with van der Waals surface area (Å²) < 4.78 is 17.8. The predicted octanol–water partition coefficient (Wildman–Crippen LogP) is 2.30. The van der Waals surface area contributed by atoms with Crippen molar-refractivity contribution in [1.29, 1.82) is 0 Å². The summed E-state index contributed by atoms with van der Waals surface area (Å²) in [6.45, 7) is 2.81. The van der Waals surface area contributed by atoms with Crippen LogP contribution in [-0.4, -0.2) is 40.9 Å². The highest BCUT2D eigenvalue weighted by Crippen LogP contribution is 2.15. The fourth-order valence-corrected chi connectivity index (χ4v) is 2.54. The first-order valence-corrected chi connectivity index (χ1v) is 9.06. The molecule has 3 rings (SSSR count). The predicted molar refractivity (Wildman–Crippen MR) is 107 cm³/mol. The third-order valence-electron chi connectivity index (χ3n) is 4.22. The number of ether oxygens (including phenoxy) is 1. The summed E-state index contributed by atoms with van der Waals surface area (Å²) in [4.78, 5) is 44.6. The summed E-state index contributed by atoms with van der Waals surface area (Å²) in [7, 11) is 0. The molecule has 0 saturated heterocycles. The van der Waals surface area contributed by atoms with Gasteiger partial charge in [0.25, 0.3) is 5.91 Å². The average molecular weight is 410 g/mol. The van der Waals surface area contributed by atoms with E-state index in [1.54, 1.807) is 18.2 Å². The molecule has 2 amide bonds. The van der Waals surface area contributed by atoms with Gasteiger partial charge in [-0.25, -0.2) is 19.2 Å². The van der Waals surface area contributed by atoms with Crippen LogP contribution in [0.1, 0.15) is 21.7 Å². The second kappa shape index (κ2) is 9.08. The number of carbonyl (C=O) groups excluding carboxylic acids is 3. The fourth-order valence-electron chi connectivity index (χ4n) is 2.54. The number of nitrogens with one attached hydrogen (secondary N) is 2. The molecule has 0 saturated carbocycles. The number of carbonyl (C=O) groups is 3. The Balaban J connectivity index is 1.48. The Kier molecular flexibility index (Phi) is 6.31. The zero-order chi connectivity index (χ0) is 21.7. The molecular formula is C21H19FN4O4. The number of hydrogen-bond acceptors (Lipinski definition) is 6. The van der Waals surface area contributed by atoms with E-state index in [2.05, 4.69) is 20.6 Å². The number of benzene rings is 2. The number of amides is 2. The number of halogens is 1. The van der Waals surface area contributed by atoms with E-state index in [0.717, 1.165) is 11.4 Å². The Morgan fingerprint density at radius 2 is 1.60 bits per heavy atom. The Hall–Kier alpha value is -3.88. The molecule has 3 aromatic rings. The van der Waals surface area contributed by atoms with Gasteiger partial charge in [-0.15, -0.1) is 0 Å². The van der Waals surface area contributed by atoms with Crippen molar-refractivity contribution in [3.63, 3.8) is 0 Å². The molecule has 1 heterocycles. The third-order valence-corrected chi connectivity index (χ3v) is 4.22. The normalized spacial score (nSPS) is 10.5. The molecule has 0 bridgehead atoms. The summed E-state index contributed by atoms with van der Waals surface area (Å²) in [5.74, 6) is -2.25. The van der Waals surface area contributed by atoms with Gasteiger partial charge in [-0.05, 0) is 56.3 Å². The number of esters is 1. The average Bonchev–Trinajstić information content (AvgIpc) is 2.72. The van der Waals surface area contributed by atoms with Crippen molar-refractivity contribution in [2.24, 2.45) is 0 Å². The van der Waals surface area contributed by atoms with Crippen LogP contribution < -0.4 is 10.6 Å². The minimum Gasteiger partial charge on any atom is -0.452 e. The lowest BCUT2D eigenvalue weighted by Crippen LogP contribution is -2.35. The first kappa shape index (κ1) is 20.8. The van der Waals surface area contributed by atoms with Crippen LogP contribution in [0.2, 0.25) is 0 Å². The molecule has 0 unspecified atom stereocenters. The highest BCUT2D eigenvalue weighted by Gasteiger charge is 2.13. The van der Waals surface area contributed by atoms with Gasteiger partial charge in [-0.3, -0.25) is 9.59 Å². The molecule has 0 atom stereocenters. The molecule has 2 aromatic carbocycles. The van der Waals surface area contributed by atoms with Gasteiger partial charge in [-0.1, -0.05) is 0 Å². The van der Waals surface area contributed by atoms with Crippen molar-refractivity contribution in [1.82, 2.24) is 15.3 Å². The zero-order valence-corrected chi connectivity index (χ0v) is 16.4. The van der Waals surface area contributed by atoms with Crippen molar-refractivity contribution in [2.45, 2.75) is 13.8 Å². The van der Waals surface area contributed by atoms with Crippen LogP contribution in [0.4, 0.5) is 10.1 Å². The fraction of sp³-hybridized carbons (Fsp3) is 0.190. The van der Waals surface area contributed by atoms with Gasteiger partial charge in [-0.2, -0.15) is 0 Å². The van der Waals surface area contributed by atoms with Crippen LogP contribution in [0.5, 0.6) is 0 Å². The van der Waals surface area contributed by atoms with Crippen LogP contribution in [0.15, 0.2) is 42.5 Å². The van der Waals surface area contributed by atoms with Crippen molar-refractivity contribution < 1.29 is 23.5 Å². The molecule has 9 heteroatoms. The quantitative estimate of drug-likeness (QED) is 0.604. The summed E-state index contributed by atoms with van der Waals surface area (Å²) in [5.41, 5.74) is 3.40. The number of nitrogens with zero attached hydrogens (tertiary/aromatic N) is 2. The largest absolute Gasteiger partial charge is 0.452 e. The first-order valence-electron chi connectivity index (χ1n) is 9.06. The van der Waals surface area contributed by atoms with Crippen molar-refractivity contribution in [3.05, 3.63) is 65.2 Å².